The number of aliphatic hydroxyl groups is 3. The third-order valence-electron chi connectivity index (χ3n) is 21.2. The van der Waals surface area contributed by atoms with E-state index < -0.39 is 125 Å². The highest BCUT2D eigenvalue weighted by molar-refractivity contribution is 5.97. The summed E-state index contributed by atoms with van der Waals surface area (Å²) in [6, 6.07) is 28.5. The molecular weight excluding hydrogens is 1110 g/mol. The molecule has 2 bridgehead atoms. The molecule has 5 N–H and O–H groups in total. The maximum Gasteiger partial charge on any atom is 0.338 e. The highest BCUT2D eigenvalue weighted by Crippen LogP contribution is 2.66. The zero-order valence-corrected chi connectivity index (χ0v) is 50.0. The number of carbonyl (C=O) groups is 7. The molecule has 1 aliphatic heterocycles. The van der Waals surface area contributed by atoms with E-state index in [1.807, 2.05) is 12.1 Å². The number of fused-ring (bicyclic) bond motifs is 10. The average molecular weight is 1190 g/mol. The number of benzene rings is 4. The number of amides is 1. The molecule has 4 aromatic rings. The van der Waals surface area contributed by atoms with Crippen LogP contribution >= 0.6 is 0 Å². The van der Waals surface area contributed by atoms with Gasteiger partial charge in [0.15, 0.2) is 23.6 Å². The number of phenolic OH excluding ortho intramolecular Hbond substituents is 1. The Hall–Kier alpha value is -7.51. The molecule has 17 atom stereocenters. The lowest BCUT2D eigenvalue weighted by molar-refractivity contribution is -0.346. The van der Waals surface area contributed by atoms with Crippen molar-refractivity contribution in [2.24, 2.45) is 39.9 Å². The Labute approximate surface area is 505 Å². The quantitative estimate of drug-likeness (QED) is 0.0345. The highest BCUT2D eigenvalue weighted by atomic mass is 16.6. The number of rotatable bonds is 14. The van der Waals surface area contributed by atoms with Crippen LogP contribution in [0.15, 0.2) is 132 Å². The van der Waals surface area contributed by atoms with Crippen LogP contribution in [0.25, 0.3) is 0 Å². The molecule has 5 fully saturated rings. The van der Waals surface area contributed by atoms with Gasteiger partial charge in [-0.2, -0.15) is 0 Å². The van der Waals surface area contributed by atoms with Crippen LogP contribution in [-0.2, 0) is 58.8 Å². The Kier molecular flexibility index (Phi) is 16.3. The first kappa shape index (κ1) is 61.1. The van der Waals surface area contributed by atoms with E-state index >= 15 is 4.79 Å². The van der Waals surface area contributed by atoms with Gasteiger partial charge in [-0.25, -0.2) is 14.4 Å². The van der Waals surface area contributed by atoms with E-state index in [0.29, 0.717) is 23.8 Å². The molecule has 1 saturated heterocycles. The van der Waals surface area contributed by atoms with E-state index in [1.54, 1.807) is 105 Å². The normalized spacial score (nSPS) is 34.3. The summed E-state index contributed by atoms with van der Waals surface area (Å²) in [7, 11) is 0. The van der Waals surface area contributed by atoms with Crippen molar-refractivity contribution in [2.45, 2.75) is 166 Å². The number of carbonyl (C=O) groups excluding carboxylic acids is 7. The molecule has 0 spiro atoms. The van der Waals surface area contributed by atoms with Crippen LogP contribution in [0.2, 0.25) is 0 Å². The molecular formula is C69H77NO17. The minimum atomic E-state index is -2.51. The predicted octanol–water partition coefficient (Wildman–Crippen LogP) is 8.08. The molecule has 0 unspecified atom stereocenters. The first-order chi connectivity index (χ1) is 41.3. The maximum atomic E-state index is 16.5. The summed E-state index contributed by atoms with van der Waals surface area (Å²) >= 11 is 0. The minimum Gasteiger partial charge on any atom is -0.508 e. The number of esters is 5. The molecule has 0 radical (unpaired) electrons. The zero-order chi connectivity index (χ0) is 62.1. The van der Waals surface area contributed by atoms with Crippen molar-refractivity contribution in [3.63, 3.8) is 0 Å². The second-order valence-electron chi connectivity index (χ2n) is 26.2. The summed E-state index contributed by atoms with van der Waals surface area (Å²) in [5, 5.41) is 51.4. The van der Waals surface area contributed by atoms with Crippen LogP contribution in [0.1, 0.15) is 143 Å². The third kappa shape index (κ3) is 10.5. The molecule has 18 heteroatoms. The van der Waals surface area contributed by atoms with Gasteiger partial charge in [0.25, 0.3) is 5.91 Å². The number of aryl methyl sites for hydroxylation is 1. The number of phenols is 1. The number of hydrogen-bond acceptors (Lipinski definition) is 17. The third-order valence-corrected chi connectivity index (χ3v) is 21.2. The van der Waals surface area contributed by atoms with Gasteiger partial charge >= 0.3 is 29.8 Å². The van der Waals surface area contributed by atoms with Crippen molar-refractivity contribution in [3.8, 4) is 5.75 Å². The molecule has 4 aromatic carbocycles. The zero-order valence-electron chi connectivity index (χ0n) is 50.0. The van der Waals surface area contributed by atoms with Crippen molar-refractivity contribution in [3.05, 3.63) is 160 Å². The second kappa shape index (κ2) is 23.2. The minimum absolute atomic E-state index is 0.0303. The SMILES string of the molecule is CC(=O)O[C@H]1C(=O)[C@]2(C)[C@@H](OC(=O)/C=C/C[C@@H]3C[C@H]4[C@@H]5CCc6cc(O)ccc6[C@H]5CC[C@]4(C)[C@H]3O)C[C@H]3OC[C@@]3(OC(C)=O)[C@H]2[C@H](OC(=O)c2ccccc2)[C@]2(O)C[C@H](OC(=O)[C@H](O)[C@@H](NC(=O)c3ccccc3)c3ccccc3)C(C)=C1C2(C)C. The molecule has 4 saturated carbocycles. The molecule has 6 aliphatic carbocycles. The monoisotopic (exact) mass is 1190 g/mol. The Bertz CT molecular complexity index is 3420. The largest absolute Gasteiger partial charge is 0.508 e. The number of nitrogens with one attached hydrogen (secondary N) is 1. The van der Waals surface area contributed by atoms with Gasteiger partial charge in [0.05, 0.1) is 35.6 Å². The maximum absolute atomic E-state index is 16.5. The number of ketones is 1. The smallest absolute Gasteiger partial charge is 0.338 e. The van der Waals surface area contributed by atoms with Gasteiger partial charge in [-0.3, -0.25) is 19.2 Å². The number of hydrogen-bond donors (Lipinski definition) is 5. The van der Waals surface area contributed by atoms with Crippen molar-refractivity contribution in [1.82, 2.24) is 5.32 Å². The Balaban J connectivity index is 0.961. The van der Waals surface area contributed by atoms with Crippen LogP contribution in [0.3, 0.4) is 0 Å². The Morgan fingerprint density at radius 2 is 1.48 bits per heavy atom. The lowest BCUT2D eigenvalue weighted by Gasteiger charge is -2.67. The lowest BCUT2D eigenvalue weighted by Crippen LogP contribution is -2.82. The fourth-order valence-corrected chi connectivity index (χ4v) is 16.8. The van der Waals surface area contributed by atoms with Crippen LogP contribution in [-0.4, -0.2) is 122 Å². The summed E-state index contributed by atoms with van der Waals surface area (Å²) < 4.78 is 38.0. The lowest BCUT2D eigenvalue weighted by atomic mass is 9.44. The first-order valence-corrected chi connectivity index (χ1v) is 30.2. The molecule has 460 valence electrons. The van der Waals surface area contributed by atoms with E-state index in [4.69, 9.17) is 28.4 Å². The Morgan fingerprint density at radius 3 is 2.13 bits per heavy atom. The van der Waals surface area contributed by atoms with Gasteiger partial charge < -0.3 is 54.2 Å². The average Bonchev–Trinajstić information content (AvgIpc) is 1.17. The first-order valence-electron chi connectivity index (χ1n) is 30.2. The van der Waals surface area contributed by atoms with E-state index in [1.165, 1.54) is 43.2 Å². The number of ether oxygens (including phenoxy) is 6. The van der Waals surface area contributed by atoms with E-state index in [9.17, 15) is 49.2 Å². The molecule has 1 heterocycles. The molecule has 18 nitrogen and oxygen atoms in total. The molecule has 11 rings (SSSR count). The van der Waals surface area contributed by atoms with Gasteiger partial charge in [0.1, 0.15) is 35.8 Å². The van der Waals surface area contributed by atoms with E-state index in [2.05, 4.69) is 12.2 Å². The van der Waals surface area contributed by atoms with Gasteiger partial charge in [0, 0.05) is 43.7 Å². The van der Waals surface area contributed by atoms with Gasteiger partial charge in [-0.1, -0.05) is 99.6 Å². The summed E-state index contributed by atoms with van der Waals surface area (Å²) in [4.78, 5) is 102. The second-order valence-corrected chi connectivity index (χ2v) is 26.2. The summed E-state index contributed by atoms with van der Waals surface area (Å²) in [6.07, 6.45) is -4.25. The number of allylic oxidation sites excluding steroid dienone is 1. The van der Waals surface area contributed by atoms with Crippen molar-refractivity contribution in [2.75, 3.05) is 6.61 Å². The molecule has 87 heavy (non-hydrogen) atoms. The molecule has 1 amide bonds. The summed E-state index contributed by atoms with van der Waals surface area (Å²) in [5.74, 6) is -7.14. The predicted molar refractivity (Wildman–Crippen MR) is 313 cm³/mol. The number of aromatic hydroxyl groups is 1. The fraction of sp³-hybridized carbons (Fsp3) is 0.493. The molecule has 7 aliphatic rings. The van der Waals surface area contributed by atoms with Crippen LogP contribution < -0.4 is 5.32 Å². The number of aliphatic hydroxyl groups excluding tert-OH is 2. The highest BCUT2D eigenvalue weighted by Gasteiger charge is 2.79. The Morgan fingerprint density at radius 1 is 0.816 bits per heavy atom. The fourth-order valence-electron chi connectivity index (χ4n) is 16.8. The topological polar surface area (TPSA) is 268 Å². The van der Waals surface area contributed by atoms with Crippen molar-refractivity contribution in [1.29, 1.82) is 0 Å². The standard InChI is InChI=1S/C69H77NO17/c1-37-50(84-64(80)56(75)55(40-18-11-8-12-19-40)70-62(78)41-20-13-9-14-21-41)35-69(81)61(86-63(79)42-22-15-10-16-23-42)58-67(7,60(77)57(83-38(2)71)54(37)65(69,4)5)51(34-52-68(58,36-82-52)87-39(3)72)85-53(74)25-17-24-44-33-49-48-28-26-43-32-45(73)27-29-46(43)47(48)30-31-66(49,6)59(44)76/h8-23,25,27,29,32,44,47-52,55-59,61,73,75-76,81H,24,26,28,30-31,33-36H2,1-7H3,(H,70,78)/b25-17+/t44-,47-,48-,49+,50+,51+,52-,55+,56-,57-,58+,59+,61+,66+,67-,68+,69-/m1/s1. The van der Waals surface area contributed by atoms with Crippen LogP contribution in [0.5, 0.6) is 5.75 Å². The van der Waals surface area contributed by atoms with E-state index in [0.717, 1.165) is 46.0 Å². The van der Waals surface area contributed by atoms with E-state index in [-0.39, 0.29) is 58.3 Å². The summed E-state index contributed by atoms with van der Waals surface area (Å²) in [5.41, 5.74) is -5.59. The van der Waals surface area contributed by atoms with Crippen LogP contribution in [0.4, 0.5) is 0 Å². The van der Waals surface area contributed by atoms with Gasteiger partial charge in [-0.05, 0) is 146 Å². The molecule has 0 aromatic heterocycles. The van der Waals surface area contributed by atoms with Gasteiger partial charge in [-0.15, -0.1) is 0 Å². The van der Waals surface area contributed by atoms with Gasteiger partial charge in [0.2, 0.25) is 0 Å². The number of Topliss-reactive ketones (excluding diaryl/α,β-unsaturated/α-hetero) is 1. The van der Waals surface area contributed by atoms with Crippen LogP contribution in [0, 0.1) is 39.9 Å². The summed E-state index contributed by atoms with van der Waals surface area (Å²) in [6.45, 7) is 10.1. The van der Waals surface area contributed by atoms with Crippen molar-refractivity contribution < 1.29 is 82.4 Å². The van der Waals surface area contributed by atoms with Crippen molar-refractivity contribution >= 4 is 41.5 Å².